The van der Waals surface area contributed by atoms with E-state index in [2.05, 4.69) is 5.32 Å². The van der Waals surface area contributed by atoms with Crippen LogP contribution in [0.25, 0.3) is 0 Å². The third kappa shape index (κ3) is 2.53. The smallest absolute Gasteiger partial charge is 0.325 e. The van der Waals surface area contributed by atoms with E-state index in [0.717, 1.165) is 19.5 Å². The summed E-state index contributed by atoms with van der Waals surface area (Å²) in [6, 6.07) is 0.0740. The highest BCUT2D eigenvalue weighted by molar-refractivity contribution is 5.80. The van der Waals surface area contributed by atoms with Gasteiger partial charge in [0.05, 0.1) is 0 Å². The number of hydrogen-bond acceptors (Lipinski definition) is 4. The van der Waals surface area contributed by atoms with Crippen LogP contribution in [0.3, 0.4) is 0 Å². The monoisotopic (exact) mass is 229 g/mol. The zero-order valence-corrected chi connectivity index (χ0v) is 10.7. The Morgan fingerprint density at radius 3 is 2.50 bits per heavy atom. The van der Waals surface area contributed by atoms with Gasteiger partial charge in [-0.1, -0.05) is 0 Å². The normalized spacial score (nSPS) is 30.2. The lowest BCUT2D eigenvalue weighted by Crippen LogP contribution is -2.59. The molecule has 0 aromatic carbocycles. The lowest BCUT2D eigenvalue weighted by Gasteiger charge is -2.36. The Balaban J connectivity index is 2.82. The Labute approximate surface area is 97.4 Å². The first-order valence-corrected chi connectivity index (χ1v) is 5.70. The molecule has 1 aliphatic rings. The first-order chi connectivity index (χ1) is 7.40. The number of carboxylic acids is 1. The molecule has 0 radical (unpaired) electrons. The summed E-state index contributed by atoms with van der Waals surface area (Å²) < 4.78 is 0. The molecule has 5 nitrogen and oxygen atoms in total. The second kappa shape index (κ2) is 5.12. The molecular formula is C11H23N3O2. The van der Waals surface area contributed by atoms with E-state index >= 15 is 0 Å². The molecule has 94 valence electrons. The summed E-state index contributed by atoms with van der Waals surface area (Å²) in [7, 11) is 7.83. The van der Waals surface area contributed by atoms with Crippen molar-refractivity contribution in [1.29, 1.82) is 0 Å². The zero-order chi connectivity index (χ0) is 12.3. The zero-order valence-electron chi connectivity index (χ0n) is 10.7. The number of rotatable bonds is 5. The van der Waals surface area contributed by atoms with E-state index in [1.807, 2.05) is 38.0 Å². The molecule has 1 unspecified atom stereocenters. The van der Waals surface area contributed by atoms with Crippen LogP contribution in [0, 0.1) is 0 Å². The second-order valence-electron chi connectivity index (χ2n) is 5.02. The molecule has 0 saturated carbocycles. The summed E-state index contributed by atoms with van der Waals surface area (Å²) in [5, 5.41) is 12.7. The van der Waals surface area contributed by atoms with Crippen molar-refractivity contribution in [2.75, 3.05) is 41.3 Å². The van der Waals surface area contributed by atoms with Crippen molar-refractivity contribution < 1.29 is 9.90 Å². The van der Waals surface area contributed by atoms with E-state index < -0.39 is 11.5 Å². The summed E-state index contributed by atoms with van der Waals surface area (Å²) in [6.45, 7) is 1.56. The highest BCUT2D eigenvalue weighted by atomic mass is 16.4. The molecule has 1 rings (SSSR count). The Morgan fingerprint density at radius 1 is 1.44 bits per heavy atom. The molecule has 1 aliphatic heterocycles. The van der Waals surface area contributed by atoms with Crippen LogP contribution >= 0.6 is 0 Å². The third-order valence-corrected chi connectivity index (χ3v) is 3.39. The van der Waals surface area contributed by atoms with Crippen molar-refractivity contribution in [2.45, 2.75) is 24.4 Å². The fourth-order valence-electron chi connectivity index (χ4n) is 2.48. The first-order valence-electron chi connectivity index (χ1n) is 5.70. The van der Waals surface area contributed by atoms with Crippen molar-refractivity contribution in [3.05, 3.63) is 0 Å². The molecule has 0 amide bonds. The highest BCUT2D eigenvalue weighted by Gasteiger charge is 2.49. The van der Waals surface area contributed by atoms with Gasteiger partial charge < -0.3 is 20.2 Å². The van der Waals surface area contributed by atoms with Gasteiger partial charge in [-0.2, -0.15) is 0 Å². The van der Waals surface area contributed by atoms with Gasteiger partial charge in [0, 0.05) is 6.04 Å². The van der Waals surface area contributed by atoms with Gasteiger partial charge in [-0.05, 0) is 54.1 Å². The number of carboxylic acid groups (broad SMARTS) is 1. The van der Waals surface area contributed by atoms with Gasteiger partial charge in [-0.25, -0.2) is 0 Å². The lowest BCUT2D eigenvalue weighted by molar-refractivity contribution is -0.146. The Bertz CT molecular complexity index is 256. The molecule has 5 heteroatoms. The van der Waals surface area contributed by atoms with Gasteiger partial charge in [-0.15, -0.1) is 0 Å². The van der Waals surface area contributed by atoms with Crippen molar-refractivity contribution >= 4 is 5.97 Å². The SMILES string of the molecule is CN(C)CC[C@]1(C(=O)O)NCCC1N(C)C. The number of likely N-dealkylation sites (N-methyl/N-ethyl adjacent to an activating group) is 1. The molecule has 1 heterocycles. The van der Waals surface area contributed by atoms with Crippen LogP contribution in [0.2, 0.25) is 0 Å². The van der Waals surface area contributed by atoms with E-state index in [-0.39, 0.29) is 6.04 Å². The van der Waals surface area contributed by atoms with Crippen LogP contribution in [0.4, 0.5) is 0 Å². The van der Waals surface area contributed by atoms with Crippen LogP contribution in [0.15, 0.2) is 0 Å². The Morgan fingerprint density at radius 2 is 2.06 bits per heavy atom. The van der Waals surface area contributed by atoms with Gasteiger partial charge in [0.1, 0.15) is 5.54 Å². The number of nitrogens with one attached hydrogen (secondary N) is 1. The van der Waals surface area contributed by atoms with Crippen molar-refractivity contribution in [3.63, 3.8) is 0 Å². The molecule has 0 aromatic heterocycles. The maximum Gasteiger partial charge on any atom is 0.325 e. The maximum atomic E-state index is 11.5. The standard InChI is InChI=1S/C11H23N3O2/c1-13(2)8-6-11(10(15)16)9(14(3)4)5-7-12-11/h9,12H,5-8H2,1-4H3,(H,15,16)/t9?,11-/m0/s1. The fourth-order valence-corrected chi connectivity index (χ4v) is 2.48. The molecule has 2 atom stereocenters. The van der Waals surface area contributed by atoms with E-state index in [1.165, 1.54) is 0 Å². The molecular weight excluding hydrogens is 206 g/mol. The predicted molar refractivity (Wildman–Crippen MR) is 63.6 cm³/mol. The largest absolute Gasteiger partial charge is 0.480 e. The first kappa shape index (κ1) is 13.4. The molecule has 0 aliphatic carbocycles. The van der Waals surface area contributed by atoms with Crippen LogP contribution in [-0.2, 0) is 4.79 Å². The number of nitrogens with zero attached hydrogens (tertiary/aromatic N) is 2. The maximum absolute atomic E-state index is 11.5. The minimum atomic E-state index is -0.784. The third-order valence-electron chi connectivity index (χ3n) is 3.39. The van der Waals surface area contributed by atoms with E-state index in [0.29, 0.717) is 6.42 Å². The van der Waals surface area contributed by atoms with Crippen molar-refractivity contribution in [2.24, 2.45) is 0 Å². The number of carbonyl (C=O) groups is 1. The quantitative estimate of drug-likeness (QED) is 0.677. The summed E-state index contributed by atoms with van der Waals surface area (Å²) in [5.74, 6) is -0.731. The van der Waals surface area contributed by atoms with Crippen molar-refractivity contribution in [3.8, 4) is 0 Å². The Kier molecular flexibility index (Phi) is 4.29. The topological polar surface area (TPSA) is 55.8 Å². The van der Waals surface area contributed by atoms with E-state index in [4.69, 9.17) is 0 Å². The minimum Gasteiger partial charge on any atom is -0.480 e. The summed E-state index contributed by atoms with van der Waals surface area (Å²) in [5.41, 5.74) is -0.784. The van der Waals surface area contributed by atoms with Crippen LogP contribution in [0.5, 0.6) is 0 Å². The fraction of sp³-hybridized carbons (Fsp3) is 0.909. The average molecular weight is 229 g/mol. The van der Waals surface area contributed by atoms with E-state index in [9.17, 15) is 9.90 Å². The summed E-state index contributed by atoms with van der Waals surface area (Å²) >= 11 is 0. The van der Waals surface area contributed by atoms with E-state index in [1.54, 1.807) is 0 Å². The van der Waals surface area contributed by atoms with Gasteiger partial charge in [-0.3, -0.25) is 4.79 Å². The average Bonchev–Trinajstić information content (AvgIpc) is 2.59. The molecule has 0 aromatic rings. The second-order valence-corrected chi connectivity index (χ2v) is 5.02. The van der Waals surface area contributed by atoms with Crippen LogP contribution in [0.1, 0.15) is 12.8 Å². The molecule has 2 N–H and O–H groups in total. The molecule has 0 spiro atoms. The van der Waals surface area contributed by atoms with Gasteiger partial charge in [0.25, 0.3) is 0 Å². The number of aliphatic carboxylic acids is 1. The Hall–Kier alpha value is -0.650. The lowest BCUT2D eigenvalue weighted by atomic mass is 9.87. The molecule has 1 saturated heterocycles. The molecule has 1 fully saturated rings. The predicted octanol–water partition coefficient (Wildman–Crippen LogP) is -0.315. The van der Waals surface area contributed by atoms with Crippen LogP contribution < -0.4 is 5.32 Å². The van der Waals surface area contributed by atoms with Crippen molar-refractivity contribution in [1.82, 2.24) is 15.1 Å². The summed E-state index contributed by atoms with van der Waals surface area (Å²) in [4.78, 5) is 15.6. The van der Waals surface area contributed by atoms with Gasteiger partial charge >= 0.3 is 5.97 Å². The van der Waals surface area contributed by atoms with Gasteiger partial charge in [0.15, 0.2) is 0 Å². The minimum absolute atomic E-state index is 0.0740. The molecule has 16 heavy (non-hydrogen) atoms. The number of hydrogen-bond donors (Lipinski definition) is 2. The van der Waals surface area contributed by atoms with Crippen LogP contribution in [-0.4, -0.2) is 73.7 Å². The summed E-state index contributed by atoms with van der Waals surface area (Å²) in [6.07, 6.45) is 1.53. The van der Waals surface area contributed by atoms with Gasteiger partial charge in [0.2, 0.25) is 0 Å². The molecule has 0 bridgehead atoms. The highest BCUT2D eigenvalue weighted by Crippen LogP contribution is 2.27.